The van der Waals surface area contributed by atoms with Gasteiger partial charge in [-0.25, -0.2) is 4.79 Å². The summed E-state index contributed by atoms with van der Waals surface area (Å²) in [7, 11) is 0. The maximum Gasteiger partial charge on any atom is 0.410 e. The predicted octanol–water partition coefficient (Wildman–Crippen LogP) is 1.88. The Morgan fingerprint density at radius 1 is 1.30 bits per heavy atom. The van der Waals surface area contributed by atoms with Gasteiger partial charge in [0.25, 0.3) is 0 Å². The lowest BCUT2D eigenvalue weighted by atomic mass is 9.53. The van der Waals surface area contributed by atoms with Crippen LogP contribution in [0.4, 0.5) is 4.79 Å². The zero-order valence-electron chi connectivity index (χ0n) is 13.3. The van der Waals surface area contributed by atoms with E-state index in [9.17, 15) is 9.90 Å². The number of hydrogen-bond donors (Lipinski definition) is 2. The molecule has 0 spiro atoms. The van der Waals surface area contributed by atoms with Crippen LogP contribution in [0.5, 0.6) is 0 Å². The maximum atomic E-state index is 12.1. The monoisotopic (exact) mass is 284 g/mol. The molecule has 5 heteroatoms. The van der Waals surface area contributed by atoms with Crippen LogP contribution in [0.2, 0.25) is 0 Å². The van der Waals surface area contributed by atoms with E-state index in [-0.39, 0.29) is 18.1 Å². The van der Waals surface area contributed by atoms with Gasteiger partial charge in [-0.05, 0) is 45.4 Å². The van der Waals surface area contributed by atoms with Crippen LogP contribution in [-0.4, -0.2) is 45.9 Å². The van der Waals surface area contributed by atoms with Crippen LogP contribution in [0.3, 0.4) is 0 Å². The molecule has 5 nitrogen and oxygen atoms in total. The third-order valence-corrected chi connectivity index (χ3v) is 4.41. The summed E-state index contributed by atoms with van der Waals surface area (Å²) in [6.45, 7) is 10.6. The van der Waals surface area contributed by atoms with Crippen molar-refractivity contribution in [1.82, 2.24) is 4.90 Å². The highest BCUT2D eigenvalue weighted by Crippen LogP contribution is 2.53. The lowest BCUT2D eigenvalue weighted by Crippen LogP contribution is -2.70. The lowest BCUT2D eigenvalue weighted by molar-refractivity contribution is -0.109. The standard InChI is InChI=1S/C15H28N2O3/c1-12(2,3)20-11(18)17-7-6-15(19,10-17)14(16)8-13(4,5)9-14/h19H,6-10,16H2,1-5H3. The third kappa shape index (κ3) is 2.79. The molecule has 2 aliphatic rings. The van der Waals surface area contributed by atoms with Crippen LogP contribution < -0.4 is 5.73 Å². The second kappa shape index (κ2) is 4.34. The van der Waals surface area contributed by atoms with Gasteiger partial charge >= 0.3 is 6.09 Å². The normalized spacial score (nSPS) is 31.9. The molecule has 116 valence electrons. The SMILES string of the molecule is CC1(C)CC(N)(C2(O)CCN(C(=O)OC(C)(C)C)C2)C1. The maximum absolute atomic E-state index is 12.1. The molecule has 1 heterocycles. The molecule has 2 rings (SSSR count). The molecule has 20 heavy (non-hydrogen) atoms. The number of β-amino-alcohol motifs (C(OH)–C–C–N with tert-alkyl or cyclic N) is 1. The fourth-order valence-electron chi connectivity index (χ4n) is 3.67. The Balaban J connectivity index is 2.00. The summed E-state index contributed by atoms with van der Waals surface area (Å²) in [6.07, 6.45) is 1.74. The zero-order valence-corrected chi connectivity index (χ0v) is 13.3. The fourth-order valence-corrected chi connectivity index (χ4v) is 3.67. The minimum absolute atomic E-state index is 0.184. The molecule has 0 aromatic heterocycles. The summed E-state index contributed by atoms with van der Waals surface area (Å²) in [4.78, 5) is 13.6. The van der Waals surface area contributed by atoms with Crippen LogP contribution in [0, 0.1) is 5.41 Å². The number of rotatable bonds is 1. The van der Waals surface area contributed by atoms with Gasteiger partial charge in [0.2, 0.25) is 0 Å². The average Bonchev–Trinajstić information content (AvgIpc) is 2.56. The largest absolute Gasteiger partial charge is 0.444 e. The zero-order chi connectivity index (χ0) is 15.4. The van der Waals surface area contributed by atoms with Crippen molar-refractivity contribution in [3.05, 3.63) is 0 Å². The number of hydrogen-bond acceptors (Lipinski definition) is 4. The van der Waals surface area contributed by atoms with Crippen molar-refractivity contribution < 1.29 is 14.6 Å². The number of carbonyl (C=O) groups excluding carboxylic acids is 1. The lowest BCUT2D eigenvalue weighted by Gasteiger charge is -2.57. The van der Waals surface area contributed by atoms with E-state index in [2.05, 4.69) is 13.8 Å². The van der Waals surface area contributed by atoms with E-state index in [0.29, 0.717) is 13.0 Å². The molecule has 1 saturated carbocycles. The van der Waals surface area contributed by atoms with Crippen molar-refractivity contribution in [2.45, 2.75) is 70.6 Å². The van der Waals surface area contributed by atoms with E-state index in [0.717, 1.165) is 12.8 Å². The van der Waals surface area contributed by atoms with E-state index in [4.69, 9.17) is 10.5 Å². The van der Waals surface area contributed by atoms with Crippen molar-refractivity contribution >= 4 is 6.09 Å². The molecule has 0 radical (unpaired) electrons. The van der Waals surface area contributed by atoms with Crippen LogP contribution in [-0.2, 0) is 4.74 Å². The van der Waals surface area contributed by atoms with E-state index in [1.165, 1.54) is 0 Å². The molecule has 1 saturated heterocycles. The number of nitrogens with zero attached hydrogens (tertiary/aromatic N) is 1. The minimum atomic E-state index is -0.987. The summed E-state index contributed by atoms with van der Waals surface area (Å²) in [6, 6.07) is 0. The van der Waals surface area contributed by atoms with Crippen molar-refractivity contribution in [2.24, 2.45) is 11.1 Å². The smallest absolute Gasteiger partial charge is 0.410 e. The van der Waals surface area contributed by atoms with Gasteiger partial charge in [0, 0.05) is 12.1 Å². The molecule has 0 aromatic rings. The molecule has 0 bridgehead atoms. The molecule has 3 N–H and O–H groups in total. The molecular formula is C15H28N2O3. The Hall–Kier alpha value is -0.810. The highest BCUT2D eigenvalue weighted by molar-refractivity contribution is 5.68. The van der Waals surface area contributed by atoms with Gasteiger partial charge in [-0.2, -0.15) is 0 Å². The summed E-state index contributed by atoms with van der Waals surface area (Å²) in [5.41, 5.74) is 4.48. The number of nitrogens with two attached hydrogens (primary N) is 1. The van der Waals surface area contributed by atoms with Gasteiger partial charge < -0.3 is 20.5 Å². The summed E-state index contributed by atoms with van der Waals surface area (Å²) in [5.74, 6) is 0. The Morgan fingerprint density at radius 2 is 1.85 bits per heavy atom. The first-order valence-corrected chi connectivity index (χ1v) is 7.35. The van der Waals surface area contributed by atoms with Crippen LogP contribution in [0.1, 0.15) is 53.9 Å². The van der Waals surface area contributed by atoms with Gasteiger partial charge in [-0.1, -0.05) is 13.8 Å². The number of likely N-dealkylation sites (tertiary alicyclic amines) is 1. The Morgan fingerprint density at radius 3 is 2.30 bits per heavy atom. The van der Waals surface area contributed by atoms with Crippen molar-refractivity contribution in [1.29, 1.82) is 0 Å². The van der Waals surface area contributed by atoms with Gasteiger partial charge in [-0.15, -0.1) is 0 Å². The molecule has 1 atom stereocenters. The number of carbonyl (C=O) groups is 1. The van der Waals surface area contributed by atoms with Crippen LogP contribution in [0.15, 0.2) is 0 Å². The summed E-state index contributed by atoms with van der Waals surface area (Å²) < 4.78 is 5.36. The van der Waals surface area contributed by atoms with Crippen LogP contribution in [0.25, 0.3) is 0 Å². The van der Waals surface area contributed by atoms with E-state index in [1.54, 1.807) is 4.90 Å². The molecule has 2 fully saturated rings. The molecule has 1 aliphatic heterocycles. The van der Waals surface area contributed by atoms with Crippen LogP contribution >= 0.6 is 0 Å². The Labute approximate surface area is 121 Å². The van der Waals surface area contributed by atoms with Gasteiger partial charge in [-0.3, -0.25) is 0 Å². The predicted molar refractivity (Wildman–Crippen MR) is 77.3 cm³/mol. The molecule has 0 aromatic carbocycles. The first kappa shape index (κ1) is 15.6. The highest BCUT2D eigenvalue weighted by atomic mass is 16.6. The van der Waals surface area contributed by atoms with E-state index in [1.807, 2.05) is 20.8 Å². The average molecular weight is 284 g/mol. The van der Waals surface area contributed by atoms with Crippen molar-refractivity contribution in [3.63, 3.8) is 0 Å². The first-order valence-electron chi connectivity index (χ1n) is 7.35. The van der Waals surface area contributed by atoms with Gasteiger partial charge in [0.15, 0.2) is 0 Å². The van der Waals surface area contributed by atoms with E-state index >= 15 is 0 Å². The van der Waals surface area contributed by atoms with E-state index < -0.39 is 16.7 Å². The summed E-state index contributed by atoms with van der Waals surface area (Å²) >= 11 is 0. The quantitative estimate of drug-likeness (QED) is 0.771. The Kier molecular flexibility index (Phi) is 3.38. The molecule has 1 aliphatic carbocycles. The van der Waals surface area contributed by atoms with Gasteiger partial charge in [0.05, 0.1) is 6.54 Å². The van der Waals surface area contributed by atoms with Crippen molar-refractivity contribution in [2.75, 3.05) is 13.1 Å². The second-order valence-electron chi connectivity index (χ2n) is 8.36. The second-order valence-corrected chi connectivity index (χ2v) is 8.36. The minimum Gasteiger partial charge on any atom is -0.444 e. The van der Waals surface area contributed by atoms with Crippen molar-refractivity contribution in [3.8, 4) is 0 Å². The molecule has 1 amide bonds. The Bertz CT molecular complexity index is 406. The number of aliphatic hydroxyl groups is 1. The molecular weight excluding hydrogens is 256 g/mol. The number of amides is 1. The third-order valence-electron chi connectivity index (χ3n) is 4.41. The fraction of sp³-hybridized carbons (Fsp3) is 0.933. The topological polar surface area (TPSA) is 75.8 Å². The molecule has 1 unspecified atom stereocenters. The van der Waals surface area contributed by atoms with Gasteiger partial charge in [0.1, 0.15) is 11.2 Å². The first-order chi connectivity index (χ1) is 8.86. The summed E-state index contributed by atoms with van der Waals surface area (Å²) in [5, 5.41) is 10.8. The number of ether oxygens (including phenoxy) is 1. The highest BCUT2D eigenvalue weighted by Gasteiger charge is 2.61.